The number of alkyl halides is 1. The van der Waals surface area contributed by atoms with Crippen molar-refractivity contribution in [2.24, 2.45) is 0 Å². The van der Waals surface area contributed by atoms with Crippen LogP contribution in [-0.2, 0) is 0 Å². The van der Waals surface area contributed by atoms with E-state index in [4.69, 9.17) is 0 Å². The monoisotopic (exact) mass is 214 g/mol. The van der Waals surface area contributed by atoms with Gasteiger partial charge in [0.1, 0.15) is 5.82 Å². The van der Waals surface area contributed by atoms with Gasteiger partial charge in [0.15, 0.2) is 0 Å². The lowest BCUT2D eigenvalue weighted by atomic mass is 10.1. The average Bonchev–Trinajstić information content (AvgIpc) is 2.03. The lowest BCUT2D eigenvalue weighted by Gasteiger charge is -2.02. The summed E-state index contributed by atoms with van der Waals surface area (Å²) >= 11 is 3.33. The maximum atomic E-state index is 12.6. The van der Waals surface area contributed by atoms with Crippen LogP contribution in [0.5, 0.6) is 0 Å². The molecule has 58 valence electrons. The van der Waals surface area contributed by atoms with Crippen LogP contribution in [-0.4, -0.2) is 0 Å². The normalized spacial score (nSPS) is 12.5. The number of hydrogen-bond acceptors (Lipinski definition) is 0. The first-order chi connectivity index (χ1) is 5.24. The molecule has 1 rings (SSSR count). The molecule has 0 bridgehead atoms. The van der Waals surface area contributed by atoms with E-state index in [0.29, 0.717) is 0 Å². The van der Waals surface area contributed by atoms with E-state index < -0.39 is 0 Å². The largest absolute Gasteiger partial charge is 0.207 e. The third-order valence-electron chi connectivity index (χ3n) is 1.37. The fourth-order valence-electron chi connectivity index (χ4n) is 0.814. The highest BCUT2D eigenvalue weighted by atomic mass is 79.9. The molecule has 0 spiro atoms. The highest BCUT2D eigenvalue weighted by molar-refractivity contribution is 9.09. The highest BCUT2D eigenvalue weighted by Crippen LogP contribution is 2.23. The number of benzene rings is 1. The van der Waals surface area contributed by atoms with E-state index in [1.54, 1.807) is 12.1 Å². The third-order valence-corrected chi connectivity index (χ3v) is 2.28. The molecule has 0 aliphatic carbocycles. The predicted octanol–water partition coefficient (Wildman–Crippen LogP) is 3.45. The summed E-state index contributed by atoms with van der Waals surface area (Å²) in [6.45, 7) is 3.60. The molecule has 0 aliphatic rings. The molecular weight excluding hydrogens is 207 g/mol. The summed E-state index contributed by atoms with van der Waals surface area (Å²) in [5.41, 5.74) is 0.889. The fraction of sp³-hybridized carbons (Fsp3) is 0.111. The molecule has 0 radical (unpaired) electrons. The Morgan fingerprint density at radius 3 is 2.82 bits per heavy atom. The maximum Gasteiger partial charge on any atom is 0.123 e. The van der Waals surface area contributed by atoms with Gasteiger partial charge in [-0.3, -0.25) is 0 Å². The molecule has 2 heteroatoms. The van der Waals surface area contributed by atoms with Gasteiger partial charge in [0.2, 0.25) is 0 Å². The Labute approximate surface area is 73.9 Å². The van der Waals surface area contributed by atoms with Gasteiger partial charge in [0, 0.05) is 0 Å². The van der Waals surface area contributed by atoms with Gasteiger partial charge in [0.25, 0.3) is 0 Å². The molecule has 1 unspecified atom stereocenters. The SMILES string of the molecule is C=CC(Br)c1cccc(F)c1. The zero-order valence-corrected chi connectivity index (χ0v) is 7.51. The lowest BCUT2D eigenvalue weighted by molar-refractivity contribution is 0.626. The van der Waals surface area contributed by atoms with Gasteiger partial charge < -0.3 is 0 Å². The number of rotatable bonds is 2. The minimum atomic E-state index is -0.214. The molecule has 1 aromatic rings. The second-order valence-corrected chi connectivity index (χ2v) is 3.18. The van der Waals surface area contributed by atoms with E-state index in [0.717, 1.165) is 5.56 Å². The molecule has 0 nitrogen and oxygen atoms in total. The van der Waals surface area contributed by atoms with Crippen LogP contribution in [0, 0.1) is 5.82 Å². The van der Waals surface area contributed by atoms with Crippen molar-refractivity contribution in [1.29, 1.82) is 0 Å². The van der Waals surface area contributed by atoms with Gasteiger partial charge in [-0.05, 0) is 17.7 Å². The van der Waals surface area contributed by atoms with Crippen LogP contribution >= 0.6 is 15.9 Å². The molecular formula is C9H8BrF. The topological polar surface area (TPSA) is 0 Å². The minimum absolute atomic E-state index is 0.0400. The Kier molecular flexibility index (Phi) is 2.83. The summed E-state index contributed by atoms with van der Waals surface area (Å²) in [5.74, 6) is -0.214. The van der Waals surface area contributed by atoms with E-state index in [1.807, 2.05) is 6.07 Å². The molecule has 0 heterocycles. The average molecular weight is 215 g/mol. The van der Waals surface area contributed by atoms with Crippen molar-refractivity contribution < 1.29 is 4.39 Å². The standard InChI is InChI=1S/C9H8BrF/c1-2-9(10)7-4-3-5-8(11)6-7/h2-6,9H,1H2. The Bertz CT molecular complexity index is 257. The molecule has 11 heavy (non-hydrogen) atoms. The van der Waals surface area contributed by atoms with Gasteiger partial charge in [0.05, 0.1) is 4.83 Å². The second kappa shape index (κ2) is 3.67. The number of allylic oxidation sites excluding steroid dienone is 1. The van der Waals surface area contributed by atoms with E-state index >= 15 is 0 Å². The van der Waals surface area contributed by atoms with Gasteiger partial charge in [-0.1, -0.05) is 34.1 Å². The van der Waals surface area contributed by atoms with E-state index in [1.165, 1.54) is 12.1 Å². The first-order valence-corrected chi connectivity index (χ1v) is 4.17. The third kappa shape index (κ3) is 2.15. The van der Waals surface area contributed by atoms with E-state index in [2.05, 4.69) is 22.5 Å². The summed E-state index contributed by atoms with van der Waals surface area (Å²) in [6, 6.07) is 6.44. The zero-order valence-electron chi connectivity index (χ0n) is 5.93. The van der Waals surface area contributed by atoms with E-state index in [-0.39, 0.29) is 10.6 Å². The number of halogens is 2. The molecule has 0 aromatic heterocycles. The predicted molar refractivity (Wildman–Crippen MR) is 48.3 cm³/mol. The van der Waals surface area contributed by atoms with Crippen LogP contribution in [0.4, 0.5) is 4.39 Å². The quantitative estimate of drug-likeness (QED) is 0.523. The summed E-state index contributed by atoms with van der Waals surface area (Å²) in [6.07, 6.45) is 1.72. The van der Waals surface area contributed by atoms with Crippen LogP contribution in [0.3, 0.4) is 0 Å². The smallest absolute Gasteiger partial charge is 0.123 e. The van der Waals surface area contributed by atoms with Crippen molar-refractivity contribution in [1.82, 2.24) is 0 Å². The van der Waals surface area contributed by atoms with Crippen LogP contribution in [0.15, 0.2) is 36.9 Å². The summed E-state index contributed by atoms with van der Waals surface area (Å²) in [5, 5.41) is 0. The molecule has 0 saturated heterocycles. The molecule has 0 N–H and O–H groups in total. The Hall–Kier alpha value is -0.630. The van der Waals surface area contributed by atoms with Gasteiger partial charge in [-0.25, -0.2) is 4.39 Å². The van der Waals surface area contributed by atoms with Crippen LogP contribution in [0.2, 0.25) is 0 Å². The van der Waals surface area contributed by atoms with Crippen molar-refractivity contribution in [2.75, 3.05) is 0 Å². The first-order valence-electron chi connectivity index (χ1n) is 3.26. The Morgan fingerprint density at radius 2 is 2.27 bits per heavy atom. The van der Waals surface area contributed by atoms with Crippen molar-refractivity contribution in [3.8, 4) is 0 Å². The summed E-state index contributed by atoms with van der Waals surface area (Å²) < 4.78 is 12.6. The van der Waals surface area contributed by atoms with Crippen molar-refractivity contribution >= 4 is 15.9 Å². The van der Waals surface area contributed by atoms with Crippen LogP contribution in [0.1, 0.15) is 10.4 Å². The van der Waals surface area contributed by atoms with Crippen molar-refractivity contribution in [3.05, 3.63) is 48.3 Å². The molecule has 1 aromatic carbocycles. The maximum absolute atomic E-state index is 12.6. The first kappa shape index (κ1) is 8.47. The molecule has 0 saturated carbocycles. The van der Waals surface area contributed by atoms with E-state index in [9.17, 15) is 4.39 Å². The molecule has 1 atom stereocenters. The summed E-state index contributed by atoms with van der Waals surface area (Å²) in [7, 11) is 0. The zero-order chi connectivity index (χ0) is 8.27. The van der Waals surface area contributed by atoms with Gasteiger partial charge >= 0.3 is 0 Å². The lowest BCUT2D eigenvalue weighted by Crippen LogP contribution is -1.85. The minimum Gasteiger partial charge on any atom is -0.207 e. The van der Waals surface area contributed by atoms with Crippen molar-refractivity contribution in [2.45, 2.75) is 4.83 Å². The van der Waals surface area contributed by atoms with Crippen molar-refractivity contribution in [3.63, 3.8) is 0 Å². The number of hydrogen-bond donors (Lipinski definition) is 0. The van der Waals surface area contributed by atoms with Crippen LogP contribution in [0.25, 0.3) is 0 Å². The highest BCUT2D eigenvalue weighted by Gasteiger charge is 2.01. The summed E-state index contributed by atoms with van der Waals surface area (Å²) in [4.78, 5) is 0.0400. The Balaban J connectivity index is 2.95. The second-order valence-electron chi connectivity index (χ2n) is 2.19. The van der Waals surface area contributed by atoms with Gasteiger partial charge in [-0.15, -0.1) is 6.58 Å². The fourth-order valence-corrected chi connectivity index (χ4v) is 1.10. The molecule has 0 aliphatic heterocycles. The van der Waals surface area contributed by atoms with Crippen LogP contribution < -0.4 is 0 Å². The Morgan fingerprint density at radius 1 is 1.55 bits per heavy atom. The molecule has 0 fully saturated rings. The molecule has 0 amide bonds. The van der Waals surface area contributed by atoms with Gasteiger partial charge in [-0.2, -0.15) is 0 Å².